The van der Waals surface area contributed by atoms with Gasteiger partial charge >= 0.3 is 0 Å². The lowest BCUT2D eigenvalue weighted by Gasteiger charge is -2.06. The van der Waals surface area contributed by atoms with Crippen LogP contribution in [0.4, 0.5) is 5.82 Å². The van der Waals surface area contributed by atoms with E-state index in [4.69, 9.17) is 4.98 Å². The molecule has 0 saturated carbocycles. The van der Waals surface area contributed by atoms with Gasteiger partial charge in [0.05, 0.1) is 0 Å². The number of hydrogen-bond donors (Lipinski definition) is 1. The molecule has 138 valence electrons. The lowest BCUT2D eigenvalue weighted by atomic mass is 10.1. The first-order valence-corrected chi connectivity index (χ1v) is 9.20. The summed E-state index contributed by atoms with van der Waals surface area (Å²) in [6.45, 7) is 4.08. The van der Waals surface area contributed by atoms with Gasteiger partial charge in [-0.05, 0) is 43.2 Å². The van der Waals surface area contributed by atoms with Crippen LogP contribution < -0.4 is 5.32 Å². The maximum Gasteiger partial charge on any atom is 0.249 e. The van der Waals surface area contributed by atoms with E-state index in [2.05, 4.69) is 5.32 Å². The second kappa shape index (κ2) is 7.53. The van der Waals surface area contributed by atoms with Crippen LogP contribution in [0.2, 0.25) is 0 Å². The molecule has 0 unspecified atom stereocenters. The number of nitrogens with one attached hydrogen (secondary N) is 1. The van der Waals surface area contributed by atoms with Crippen LogP contribution in [-0.4, -0.2) is 15.3 Å². The highest BCUT2D eigenvalue weighted by Crippen LogP contribution is 2.29. The molecule has 0 saturated heterocycles. The zero-order chi connectivity index (χ0) is 19.5. The molecule has 0 bridgehead atoms. The van der Waals surface area contributed by atoms with Gasteiger partial charge in [0.15, 0.2) is 0 Å². The van der Waals surface area contributed by atoms with Gasteiger partial charge in [0.25, 0.3) is 0 Å². The highest BCUT2D eigenvalue weighted by atomic mass is 16.1. The van der Waals surface area contributed by atoms with Crippen LogP contribution in [-0.2, 0) is 4.79 Å². The predicted octanol–water partition coefficient (Wildman–Crippen LogP) is 5.27. The van der Waals surface area contributed by atoms with E-state index < -0.39 is 0 Å². The second-order valence-corrected chi connectivity index (χ2v) is 6.84. The summed E-state index contributed by atoms with van der Waals surface area (Å²) in [6, 6.07) is 21.9. The third kappa shape index (κ3) is 3.71. The van der Waals surface area contributed by atoms with E-state index >= 15 is 0 Å². The number of imidazole rings is 1. The fourth-order valence-corrected chi connectivity index (χ4v) is 3.07. The standard InChI is InChI=1S/C24H21N3O/c1-17-8-11-20(12-9-17)23-24(27-15-14-18(2)16-21(27)25-23)26-22(28)13-10-19-6-4-3-5-7-19/h3-16H,1-2H3,(H,26,28)/b13-10+. The average Bonchev–Trinajstić information content (AvgIpc) is 3.05. The molecule has 2 heterocycles. The van der Waals surface area contributed by atoms with Crippen molar-refractivity contribution in [2.75, 3.05) is 5.32 Å². The van der Waals surface area contributed by atoms with Crippen LogP contribution >= 0.6 is 0 Å². The second-order valence-electron chi connectivity index (χ2n) is 6.84. The molecule has 0 aliphatic rings. The molecule has 0 spiro atoms. The molecule has 2 aromatic heterocycles. The quantitative estimate of drug-likeness (QED) is 0.500. The number of rotatable bonds is 4. The van der Waals surface area contributed by atoms with Crippen molar-refractivity contribution in [2.45, 2.75) is 13.8 Å². The van der Waals surface area contributed by atoms with Gasteiger partial charge in [-0.15, -0.1) is 0 Å². The minimum absolute atomic E-state index is 0.195. The zero-order valence-corrected chi connectivity index (χ0v) is 15.9. The van der Waals surface area contributed by atoms with Gasteiger partial charge in [0.1, 0.15) is 17.2 Å². The molecule has 28 heavy (non-hydrogen) atoms. The highest BCUT2D eigenvalue weighted by molar-refractivity contribution is 6.03. The summed E-state index contributed by atoms with van der Waals surface area (Å²) in [4.78, 5) is 17.4. The Balaban J connectivity index is 1.72. The first kappa shape index (κ1) is 17.7. The van der Waals surface area contributed by atoms with E-state index in [0.29, 0.717) is 5.82 Å². The van der Waals surface area contributed by atoms with E-state index in [-0.39, 0.29) is 5.91 Å². The molecule has 0 fully saturated rings. The van der Waals surface area contributed by atoms with Crippen molar-refractivity contribution in [3.8, 4) is 11.3 Å². The fourth-order valence-electron chi connectivity index (χ4n) is 3.07. The van der Waals surface area contributed by atoms with Gasteiger partial charge in [-0.25, -0.2) is 4.98 Å². The number of benzene rings is 2. The Labute approximate surface area is 164 Å². The van der Waals surface area contributed by atoms with Crippen molar-refractivity contribution in [3.63, 3.8) is 0 Å². The summed E-state index contributed by atoms with van der Waals surface area (Å²) in [6.07, 6.45) is 5.28. The Kier molecular flexibility index (Phi) is 4.77. The van der Waals surface area contributed by atoms with Crippen LogP contribution in [0.15, 0.2) is 79.0 Å². The number of hydrogen-bond acceptors (Lipinski definition) is 2. The van der Waals surface area contributed by atoms with Gasteiger partial charge in [-0.2, -0.15) is 0 Å². The highest BCUT2D eigenvalue weighted by Gasteiger charge is 2.15. The number of carbonyl (C=O) groups excluding carboxylic acids is 1. The van der Waals surface area contributed by atoms with Crippen molar-refractivity contribution in [1.82, 2.24) is 9.38 Å². The predicted molar refractivity (Wildman–Crippen MR) is 114 cm³/mol. The molecular weight excluding hydrogens is 346 g/mol. The first-order chi connectivity index (χ1) is 13.6. The van der Waals surface area contributed by atoms with Gasteiger partial charge in [0, 0.05) is 17.8 Å². The number of fused-ring (bicyclic) bond motifs is 1. The number of amides is 1. The Morgan fingerprint density at radius 2 is 1.71 bits per heavy atom. The van der Waals surface area contributed by atoms with E-state index in [1.807, 2.05) is 91.2 Å². The molecule has 4 aromatic rings. The Bertz CT molecular complexity index is 1160. The van der Waals surface area contributed by atoms with Crippen molar-refractivity contribution in [1.29, 1.82) is 0 Å². The van der Waals surface area contributed by atoms with E-state index in [9.17, 15) is 4.79 Å². The largest absolute Gasteiger partial charge is 0.306 e. The molecule has 0 radical (unpaired) electrons. The normalized spacial score (nSPS) is 11.2. The van der Waals surface area contributed by atoms with E-state index in [1.54, 1.807) is 12.2 Å². The average molecular weight is 367 g/mol. The van der Waals surface area contributed by atoms with Gasteiger partial charge in [0.2, 0.25) is 5.91 Å². The smallest absolute Gasteiger partial charge is 0.249 e. The lowest BCUT2D eigenvalue weighted by Crippen LogP contribution is -2.10. The topological polar surface area (TPSA) is 46.4 Å². The Hall–Kier alpha value is -3.66. The van der Waals surface area contributed by atoms with Crippen molar-refractivity contribution < 1.29 is 4.79 Å². The van der Waals surface area contributed by atoms with Crippen LogP contribution in [0.5, 0.6) is 0 Å². The maximum absolute atomic E-state index is 12.6. The number of aryl methyl sites for hydroxylation is 2. The number of carbonyl (C=O) groups is 1. The summed E-state index contributed by atoms with van der Waals surface area (Å²) in [5.41, 5.74) is 5.80. The van der Waals surface area contributed by atoms with Crippen LogP contribution in [0.1, 0.15) is 16.7 Å². The molecule has 0 atom stereocenters. The zero-order valence-electron chi connectivity index (χ0n) is 15.9. The number of nitrogens with zero attached hydrogens (tertiary/aromatic N) is 2. The molecule has 0 aliphatic carbocycles. The maximum atomic E-state index is 12.6. The summed E-state index contributed by atoms with van der Waals surface area (Å²) in [7, 11) is 0. The molecule has 4 rings (SSSR count). The summed E-state index contributed by atoms with van der Waals surface area (Å²) >= 11 is 0. The van der Waals surface area contributed by atoms with Crippen LogP contribution in [0, 0.1) is 13.8 Å². The number of aromatic nitrogens is 2. The summed E-state index contributed by atoms with van der Waals surface area (Å²) < 4.78 is 1.91. The van der Waals surface area contributed by atoms with Gasteiger partial charge in [-0.1, -0.05) is 60.2 Å². The Morgan fingerprint density at radius 3 is 2.46 bits per heavy atom. The van der Waals surface area contributed by atoms with Crippen LogP contribution in [0.25, 0.3) is 23.0 Å². The van der Waals surface area contributed by atoms with Gasteiger partial charge < -0.3 is 5.32 Å². The van der Waals surface area contributed by atoms with E-state index in [0.717, 1.165) is 28.0 Å². The monoisotopic (exact) mass is 367 g/mol. The Morgan fingerprint density at radius 1 is 0.964 bits per heavy atom. The van der Waals surface area contributed by atoms with Crippen molar-refractivity contribution in [2.24, 2.45) is 0 Å². The SMILES string of the molecule is Cc1ccc(-c2nc3cc(C)ccn3c2NC(=O)/C=C/c2ccccc2)cc1. The summed E-state index contributed by atoms with van der Waals surface area (Å²) in [5.74, 6) is 0.473. The van der Waals surface area contributed by atoms with Crippen molar-refractivity contribution >= 4 is 23.4 Å². The third-order valence-corrected chi connectivity index (χ3v) is 4.57. The summed E-state index contributed by atoms with van der Waals surface area (Å²) in [5, 5.41) is 3.01. The number of pyridine rings is 1. The molecule has 0 aliphatic heterocycles. The first-order valence-electron chi connectivity index (χ1n) is 9.20. The molecular formula is C24H21N3O. The molecule has 2 aromatic carbocycles. The van der Waals surface area contributed by atoms with E-state index in [1.165, 1.54) is 5.56 Å². The van der Waals surface area contributed by atoms with Gasteiger partial charge in [-0.3, -0.25) is 9.20 Å². The molecule has 1 N–H and O–H groups in total. The fraction of sp³-hybridized carbons (Fsp3) is 0.0833. The molecule has 4 nitrogen and oxygen atoms in total. The number of anilines is 1. The molecule has 1 amide bonds. The van der Waals surface area contributed by atoms with Crippen LogP contribution in [0.3, 0.4) is 0 Å². The lowest BCUT2D eigenvalue weighted by molar-refractivity contribution is -0.111. The minimum Gasteiger partial charge on any atom is -0.306 e. The third-order valence-electron chi connectivity index (χ3n) is 4.57. The molecule has 4 heteroatoms. The minimum atomic E-state index is -0.195. The van der Waals surface area contributed by atoms with Crippen molar-refractivity contribution in [3.05, 3.63) is 95.7 Å².